The molecular formula is C12H13ClN4O2. The lowest BCUT2D eigenvalue weighted by Gasteiger charge is -2.09. The molecule has 100 valence electrons. The van der Waals surface area contributed by atoms with E-state index in [1.54, 1.807) is 0 Å². The molecule has 0 unspecified atom stereocenters. The number of hydrogen-bond donors (Lipinski definition) is 2. The lowest BCUT2D eigenvalue weighted by molar-refractivity contribution is -0.119. The second-order valence-corrected chi connectivity index (χ2v) is 4.64. The summed E-state index contributed by atoms with van der Waals surface area (Å²) < 4.78 is 1.10. The summed E-state index contributed by atoms with van der Waals surface area (Å²) in [5.74, 6) is 2.15. The van der Waals surface area contributed by atoms with Crippen LogP contribution >= 0.6 is 11.6 Å². The Kier molecular flexibility index (Phi) is 4.07. The molecule has 19 heavy (non-hydrogen) atoms. The minimum atomic E-state index is -0.440. The van der Waals surface area contributed by atoms with E-state index in [9.17, 15) is 9.59 Å². The van der Waals surface area contributed by atoms with Gasteiger partial charge in [-0.15, -0.1) is 6.42 Å². The molecule has 0 atom stereocenters. The monoisotopic (exact) mass is 280 g/mol. The fourth-order valence-electron chi connectivity index (χ4n) is 1.50. The first-order valence-corrected chi connectivity index (χ1v) is 6.22. The van der Waals surface area contributed by atoms with Crippen molar-refractivity contribution in [2.45, 2.75) is 25.4 Å². The zero-order valence-electron chi connectivity index (χ0n) is 10.1. The van der Waals surface area contributed by atoms with Gasteiger partial charge in [-0.25, -0.2) is 4.68 Å². The zero-order valence-corrected chi connectivity index (χ0v) is 10.9. The Hall–Kier alpha value is -2.00. The average molecular weight is 281 g/mol. The van der Waals surface area contributed by atoms with Crippen molar-refractivity contribution in [3.63, 3.8) is 0 Å². The molecule has 1 heterocycles. The molecule has 0 bridgehead atoms. The summed E-state index contributed by atoms with van der Waals surface area (Å²) in [7, 11) is 0. The number of terminal acetylenes is 1. The molecule has 1 fully saturated rings. The molecule has 2 rings (SSSR count). The Morgan fingerprint density at radius 1 is 1.63 bits per heavy atom. The van der Waals surface area contributed by atoms with Gasteiger partial charge < -0.3 is 10.6 Å². The van der Waals surface area contributed by atoms with E-state index in [4.69, 9.17) is 18.0 Å². The quantitative estimate of drug-likeness (QED) is 0.757. The molecule has 2 N–H and O–H groups in total. The molecule has 1 amide bonds. The molecule has 1 saturated carbocycles. The number of carbonyl (C=O) groups is 1. The van der Waals surface area contributed by atoms with Gasteiger partial charge in [-0.2, -0.15) is 5.10 Å². The summed E-state index contributed by atoms with van der Waals surface area (Å²) in [6, 6.07) is 0.278. The summed E-state index contributed by atoms with van der Waals surface area (Å²) >= 11 is 5.88. The third-order valence-corrected chi connectivity index (χ3v) is 2.89. The molecule has 0 aliphatic heterocycles. The molecule has 1 aromatic heterocycles. The minimum absolute atomic E-state index is 0.00841. The van der Waals surface area contributed by atoms with E-state index in [0.717, 1.165) is 17.5 Å². The Balaban J connectivity index is 2.06. The highest BCUT2D eigenvalue weighted by molar-refractivity contribution is 6.33. The van der Waals surface area contributed by atoms with E-state index in [2.05, 4.69) is 21.7 Å². The number of hydrogen-bond acceptors (Lipinski definition) is 4. The van der Waals surface area contributed by atoms with Crippen LogP contribution in [0.3, 0.4) is 0 Å². The average Bonchev–Trinajstić information content (AvgIpc) is 3.16. The molecule has 0 radical (unpaired) electrons. The van der Waals surface area contributed by atoms with Crippen LogP contribution in [0.1, 0.15) is 12.8 Å². The van der Waals surface area contributed by atoms with Crippen LogP contribution in [0.5, 0.6) is 0 Å². The van der Waals surface area contributed by atoms with Gasteiger partial charge in [0.25, 0.3) is 5.56 Å². The fraction of sp³-hybridized carbons (Fsp3) is 0.417. The number of nitrogens with zero attached hydrogens (tertiary/aromatic N) is 2. The van der Waals surface area contributed by atoms with Crippen LogP contribution in [0.2, 0.25) is 5.02 Å². The predicted octanol–water partition coefficient (Wildman–Crippen LogP) is 0.220. The van der Waals surface area contributed by atoms with Gasteiger partial charge in [0.15, 0.2) is 0 Å². The van der Waals surface area contributed by atoms with Crippen LogP contribution in [-0.4, -0.2) is 28.3 Å². The molecule has 0 spiro atoms. The van der Waals surface area contributed by atoms with Crippen LogP contribution in [-0.2, 0) is 11.3 Å². The van der Waals surface area contributed by atoms with Crippen LogP contribution in [0.25, 0.3) is 0 Å². The van der Waals surface area contributed by atoms with Gasteiger partial charge >= 0.3 is 0 Å². The first-order valence-electron chi connectivity index (χ1n) is 5.84. The van der Waals surface area contributed by atoms with E-state index in [0.29, 0.717) is 0 Å². The largest absolute Gasteiger partial charge is 0.370 e. The molecular weight excluding hydrogens is 268 g/mol. The number of aromatic nitrogens is 2. The maximum atomic E-state index is 12.0. The molecule has 1 aliphatic carbocycles. The highest BCUT2D eigenvalue weighted by atomic mass is 35.5. The van der Waals surface area contributed by atoms with Crippen molar-refractivity contribution >= 4 is 23.2 Å². The second kappa shape index (κ2) is 5.76. The highest BCUT2D eigenvalue weighted by Crippen LogP contribution is 2.18. The van der Waals surface area contributed by atoms with Crippen LogP contribution in [0.15, 0.2) is 11.0 Å². The van der Waals surface area contributed by atoms with Crippen LogP contribution in [0, 0.1) is 12.3 Å². The first kappa shape index (κ1) is 13.4. The van der Waals surface area contributed by atoms with E-state index in [1.165, 1.54) is 6.20 Å². The Morgan fingerprint density at radius 3 is 3.00 bits per heavy atom. The summed E-state index contributed by atoms with van der Waals surface area (Å²) in [5, 5.41) is 9.50. The molecule has 1 aliphatic rings. The van der Waals surface area contributed by atoms with Crippen LogP contribution < -0.4 is 16.2 Å². The van der Waals surface area contributed by atoms with E-state index in [-0.39, 0.29) is 35.7 Å². The summed E-state index contributed by atoms with van der Waals surface area (Å²) in [6.07, 6.45) is 8.48. The molecule has 7 heteroatoms. The number of anilines is 1. The first-order chi connectivity index (χ1) is 9.11. The lowest BCUT2D eigenvalue weighted by atomic mass is 10.4. The van der Waals surface area contributed by atoms with Gasteiger partial charge in [0.2, 0.25) is 5.91 Å². The van der Waals surface area contributed by atoms with Gasteiger partial charge in [0, 0.05) is 6.04 Å². The van der Waals surface area contributed by atoms with Crippen molar-refractivity contribution in [2.75, 3.05) is 11.9 Å². The third kappa shape index (κ3) is 3.48. The topological polar surface area (TPSA) is 76.0 Å². The number of rotatable bonds is 5. The van der Waals surface area contributed by atoms with Gasteiger partial charge in [0.05, 0.1) is 17.8 Å². The van der Waals surface area contributed by atoms with Crippen molar-refractivity contribution in [3.05, 3.63) is 21.6 Å². The maximum absolute atomic E-state index is 12.0. The third-order valence-electron chi connectivity index (χ3n) is 2.61. The Labute approximate surface area is 115 Å². The van der Waals surface area contributed by atoms with Gasteiger partial charge in [0.1, 0.15) is 12.2 Å². The van der Waals surface area contributed by atoms with Crippen molar-refractivity contribution in [3.8, 4) is 12.3 Å². The number of carbonyl (C=O) groups excluding carboxylic acids is 1. The Bertz CT molecular complexity index is 586. The van der Waals surface area contributed by atoms with E-state index >= 15 is 0 Å². The zero-order chi connectivity index (χ0) is 13.8. The van der Waals surface area contributed by atoms with E-state index in [1.807, 2.05) is 0 Å². The van der Waals surface area contributed by atoms with Crippen molar-refractivity contribution in [2.24, 2.45) is 0 Å². The maximum Gasteiger partial charge on any atom is 0.292 e. The smallest absolute Gasteiger partial charge is 0.292 e. The second-order valence-electron chi connectivity index (χ2n) is 4.23. The van der Waals surface area contributed by atoms with E-state index < -0.39 is 5.56 Å². The van der Waals surface area contributed by atoms with Crippen LogP contribution in [0.4, 0.5) is 5.69 Å². The summed E-state index contributed by atoms with van der Waals surface area (Å²) in [5.41, 5.74) is -0.303. The number of nitrogens with one attached hydrogen (secondary N) is 2. The normalized spacial score (nSPS) is 13.7. The summed E-state index contributed by atoms with van der Waals surface area (Å²) in [4.78, 5) is 23.5. The lowest BCUT2D eigenvalue weighted by Crippen LogP contribution is -2.34. The number of halogens is 1. The van der Waals surface area contributed by atoms with Gasteiger partial charge in [-0.05, 0) is 12.8 Å². The minimum Gasteiger partial charge on any atom is -0.370 e. The number of amides is 1. The molecule has 6 nitrogen and oxygen atoms in total. The molecule has 0 aromatic carbocycles. The SMILES string of the molecule is C#CCn1ncc(Cl)c(NCC(=O)NC2CC2)c1=O. The van der Waals surface area contributed by atoms with Gasteiger partial charge in [-0.3, -0.25) is 9.59 Å². The van der Waals surface area contributed by atoms with Gasteiger partial charge in [-0.1, -0.05) is 17.5 Å². The summed E-state index contributed by atoms with van der Waals surface area (Å²) in [6.45, 7) is 0.0461. The molecule has 0 saturated heterocycles. The molecule has 1 aromatic rings. The van der Waals surface area contributed by atoms with Crippen molar-refractivity contribution in [1.82, 2.24) is 15.1 Å². The fourth-order valence-corrected chi connectivity index (χ4v) is 1.69. The standard InChI is InChI=1S/C12H13ClN4O2/c1-2-5-17-12(19)11(9(13)6-15-17)14-7-10(18)16-8-3-4-8/h1,6,8,14H,3-5,7H2,(H,16,18). The van der Waals surface area contributed by atoms with Crippen molar-refractivity contribution < 1.29 is 4.79 Å². The van der Waals surface area contributed by atoms with Crippen molar-refractivity contribution in [1.29, 1.82) is 0 Å². The Morgan fingerprint density at radius 2 is 2.37 bits per heavy atom. The predicted molar refractivity (Wildman–Crippen MR) is 72.0 cm³/mol. The highest BCUT2D eigenvalue weighted by Gasteiger charge is 2.23.